The number of nitrogens with zero attached hydrogens (tertiary/aromatic N) is 2. The normalized spacial score (nSPS) is 10.6. The SMILES string of the molecule is COc1ccc(C(=O)Nc2ccc3nc(NC(=O)c4cscn4)sc3c2)cc1OC. The molecule has 4 rings (SSSR count). The fourth-order valence-corrected chi connectivity index (χ4v) is 4.15. The van der Waals surface area contributed by atoms with Crippen molar-refractivity contribution in [2.45, 2.75) is 0 Å². The van der Waals surface area contributed by atoms with Crippen LogP contribution < -0.4 is 20.1 Å². The molecule has 0 aliphatic rings. The highest BCUT2D eigenvalue weighted by Gasteiger charge is 2.14. The lowest BCUT2D eigenvalue weighted by Crippen LogP contribution is -2.12. The Morgan fingerprint density at radius 3 is 2.53 bits per heavy atom. The number of amides is 2. The number of hydrogen-bond donors (Lipinski definition) is 2. The molecule has 2 heterocycles. The number of methoxy groups -OCH3 is 2. The minimum atomic E-state index is -0.308. The van der Waals surface area contributed by atoms with Crippen LogP contribution in [0.2, 0.25) is 0 Å². The Labute approximate surface area is 179 Å². The predicted octanol–water partition coefficient (Wildman–Crippen LogP) is 4.27. The van der Waals surface area contributed by atoms with Crippen LogP contribution in [0.15, 0.2) is 47.3 Å². The topological polar surface area (TPSA) is 102 Å². The summed E-state index contributed by atoms with van der Waals surface area (Å²) < 4.78 is 11.3. The van der Waals surface area contributed by atoms with Crippen LogP contribution in [0.5, 0.6) is 11.5 Å². The minimum Gasteiger partial charge on any atom is -0.493 e. The van der Waals surface area contributed by atoms with Crippen LogP contribution in [0.4, 0.5) is 10.8 Å². The molecule has 2 N–H and O–H groups in total. The Bertz CT molecular complexity index is 1220. The molecule has 8 nitrogen and oxygen atoms in total. The number of aromatic nitrogens is 2. The highest BCUT2D eigenvalue weighted by molar-refractivity contribution is 7.22. The van der Waals surface area contributed by atoms with Gasteiger partial charge in [-0.3, -0.25) is 14.9 Å². The fourth-order valence-electron chi connectivity index (χ4n) is 2.72. The number of fused-ring (bicyclic) bond motifs is 1. The van der Waals surface area contributed by atoms with Gasteiger partial charge < -0.3 is 14.8 Å². The molecule has 0 spiro atoms. The van der Waals surface area contributed by atoms with Gasteiger partial charge in [0.1, 0.15) is 5.69 Å². The first-order valence-electron chi connectivity index (χ1n) is 8.71. The van der Waals surface area contributed by atoms with Crippen LogP contribution in [0.1, 0.15) is 20.8 Å². The van der Waals surface area contributed by atoms with Crippen LogP contribution in [0.3, 0.4) is 0 Å². The summed E-state index contributed by atoms with van der Waals surface area (Å²) in [5.41, 5.74) is 3.72. The van der Waals surface area contributed by atoms with Crippen LogP contribution in [-0.2, 0) is 0 Å². The zero-order chi connectivity index (χ0) is 21.1. The molecule has 0 saturated carbocycles. The van der Waals surface area contributed by atoms with E-state index in [0.717, 1.165) is 10.2 Å². The number of nitrogens with one attached hydrogen (secondary N) is 2. The van der Waals surface area contributed by atoms with E-state index in [4.69, 9.17) is 9.47 Å². The van der Waals surface area contributed by atoms with E-state index in [-0.39, 0.29) is 11.8 Å². The number of rotatable bonds is 6. The molecule has 30 heavy (non-hydrogen) atoms. The molecule has 2 aromatic carbocycles. The molecule has 0 fully saturated rings. The Morgan fingerprint density at radius 1 is 0.967 bits per heavy atom. The molecule has 2 aromatic heterocycles. The van der Waals surface area contributed by atoms with Crippen molar-refractivity contribution in [2.24, 2.45) is 0 Å². The fraction of sp³-hybridized carbons (Fsp3) is 0.100. The Kier molecular flexibility index (Phi) is 5.59. The van der Waals surface area contributed by atoms with Gasteiger partial charge in [-0.1, -0.05) is 11.3 Å². The van der Waals surface area contributed by atoms with E-state index in [0.29, 0.717) is 33.6 Å². The summed E-state index contributed by atoms with van der Waals surface area (Å²) in [6.07, 6.45) is 0. The summed E-state index contributed by atoms with van der Waals surface area (Å²) in [5, 5.41) is 7.74. The first-order valence-corrected chi connectivity index (χ1v) is 10.5. The van der Waals surface area contributed by atoms with Gasteiger partial charge in [0, 0.05) is 16.6 Å². The molecule has 10 heteroatoms. The molecule has 0 aliphatic carbocycles. The summed E-state index contributed by atoms with van der Waals surface area (Å²) in [6.45, 7) is 0. The predicted molar refractivity (Wildman–Crippen MR) is 117 cm³/mol. The number of anilines is 2. The molecule has 0 unspecified atom stereocenters. The number of carbonyl (C=O) groups is 2. The molecule has 0 aliphatic heterocycles. The largest absolute Gasteiger partial charge is 0.493 e. The first-order chi connectivity index (χ1) is 14.6. The van der Waals surface area contributed by atoms with Crippen LogP contribution in [0.25, 0.3) is 10.2 Å². The van der Waals surface area contributed by atoms with Gasteiger partial charge in [0.2, 0.25) is 0 Å². The smallest absolute Gasteiger partial charge is 0.276 e. The summed E-state index contributed by atoms with van der Waals surface area (Å²) in [6, 6.07) is 10.3. The summed E-state index contributed by atoms with van der Waals surface area (Å²) >= 11 is 2.67. The zero-order valence-electron chi connectivity index (χ0n) is 16.0. The lowest BCUT2D eigenvalue weighted by atomic mass is 10.2. The summed E-state index contributed by atoms with van der Waals surface area (Å²) in [5.74, 6) is 0.435. The lowest BCUT2D eigenvalue weighted by molar-refractivity contribution is 0.101. The average molecular weight is 441 g/mol. The molecule has 0 bridgehead atoms. The maximum atomic E-state index is 12.6. The van der Waals surface area contributed by atoms with Crippen molar-refractivity contribution < 1.29 is 19.1 Å². The molecule has 0 radical (unpaired) electrons. The van der Waals surface area contributed by atoms with Crippen molar-refractivity contribution in [1.29, 1.82) is 0 Å². The van der Waals surface area contributed by atoms with Gasteiger partial charge in [0.05, 0.1) is 29.9 Å². The van der Waals surface area contributed by atoms with Crippen molar-refractivity contribution >= 4 is 55.5 Å². The number of ether oxygens (including phenoxy) is 2. The quantitative estimate of drug-likeness (QED) is 0.464. The van der Waals surface area contributed by atoms with Crippen LogP contribution >= 0.6 is 22.7 Å². The van der Waals surface area contributed by atoms with E-state index < -0.39 is 0 Å². The molecule has 152 valence electrons. The van der Waals surface area contributed by atoms with Gasteiger partial charge in [-0.2, -0.15) is 0 Å². The Hall–Kier alpha value is -3.50. The number of carbonyl (C=O) groups excluding carboxylic acids is 2. The summed E-state index contributed by atoms with van der Waals surface area (Å²) in [4.78, 5) is 33.1. The van der Waals surface area contributed by atoms with E-state index in [1.54, 1.807) is 41.2 Å². The molecule has 0 saturated heterocycles. The minimum absolute atomic E-state index is 0.281. The second-order valence-corrected chi connectivity index (χ2v) is 7.80. The van der Waals surface area contributed by atoms with Crippen LogP contribution in [0, 0.1) is 0 Å². The van der Waals surface area contributed by atoms with Crippen molar-refractivity contribution in [2.75, 3.05) is 24.9 Å². The van der Waals surface area contributed by atoms with Crippen molar-refractivity contribution in [3.8, 4) is 11.5 Å². The highest BCUT2D eigenvalue weighted by Crippen LogP contribution is 2.30. The number of thiazole rings is 2. The molecular weight excluding hydrogens is 424 g/mol. The number of benzene rings is 2. The zero-order valence-corrected chi connectivity index (χ0v) is 17.6. The van der Waals surface area contributed by atoms with Crippen LogP contribution in [-0.4, -0.2) is 36.0 Å². The monoisotopic (exact) mass is 440 g/mol. The first kappa shape index (κ1) is 19.8. The second kappa shape index (κ2) is 8.47. The maximum Gasteiger partial charge on any atom is 0.276 e. The van der Waals surface area contributed by atoms with Gasteiger partial charge in [0.25, 0.3) is 11.8 Å². The van der Waals surface area contributed by atoms with Crippen molar-refractivity contribution in [3.05, 3.63) is 58.5 Å². The maximum absolute atomic E-state index is 12.6. The third kappa shape index (κ3) is 4.09. The van der Waals surface area contributed by atoms with Gasteiger partial charge >= 0.3 is 0 Å². The number of hydrogen-bond acceptors (Lipinski definition) is 8. The van der Waals surface area contributed by atoms with E-state index in [2.05, 4.69) is 20.6 Å². The van der Waals surface area contributed by atoms with Crippen molar-refractivity contribution in [3.63, 3.8) is 0 Å². The molecule has 0 atom stereocenters. The molecule has 4 aromatic rings. The van der Waals surface area contributed by atoms with Gasteiger partial charge in [-0.05, 0) is 36.4 Å². The third-order valence-corrected chi connectivity index (χ3v) is 5.70. The van der Waals surface area contributed by atoms with E-state index >= 15 is 0 Å². The highest BCUT2D eigenvalue weighted by atomic mass is 32.1. The van der Waals surface area contributed by atoms with Crippen molar-refractivity contribution in [1.82, 2.24) is 9.97 Å². The van der Waals surface area contributed by atoms with Gasteiger partial charge in [-0.15, -0.1) is 11.3 Å². The van der Waals surface area contributed by atoms with E-state index in [1.165, 1.54) is 36.9 Å². The third-order valence-electron chi connectivity index (χ3n) is 4.18. The molecule has 2 amide bonds. The lowest BCUT2D eigenvalue weighted by Gasteiger charge is -2.10. The summed E-state index contributed by atoms with van der Waals surface area (Å²) in [7, 11) is 3.05. The van der Waals surface area contributed by atoms with Gasteiger partial charge in [0.15, 0.2) is 16.6 Å². The van der Waals surface area contributed by atoms with E-state index in [9.17, 15) is 9.59 Å². The molecular formula is C20H16N4O4S2. The average Bonchev–Trinajstić information content (AvgIpc) is 3.42. The Balaban J connectivity index is 1.51. The van der Waals surface area contributed by atoms with E-state index in [1.807, 2.05) is 6.07 Å². The Morgan fingerprint density at radius 2 is 1.80 bits per heavy atom. The standard InChI is InChI=1S/C20H16N4O4S2/c1-27-15-6-3-11(7-16(15)28-2)18(25)22-12-4-5-13-17(8-12)30-20(23-13)24-19(26)14-9-29-10-21-14/h3-10H,1-2H3,(H,22,25)(H,23,24,26). The second-order valence-electron chi connectivity index (χ2n) is 6.05. The van der Waals surface area contributed by atoms with Gasteiger partial charge in [-0.25, -0.2) is 9.97 Å².